The molecular weight excluding hydrogens is 569 g/mol. The summed E-state index contributed by atoms with van der Waals surface area (Å²) >= 11 is 17.1. The Hall–Kier alpha value is -2.76. The number of hydrogen-bond acceptors (Lipinski definition) is 4. The Morgan fingerprint density at radius 2 is 1.80 bits per heavy atom. The Balaban J connectivity index is 1.69. The third-order valence-electron chi connectivity index (χ3n) is 5.30. The molecule has 1 N–H and O–H groups in total. The van der Waals surface area contributed by atoms with Crippen molar-refractivity contribution in [2.45, 2.75) is 18.2 Å². The molecule has 0 bridgehead atoms. The lowest BCUT2D eigenvalue weighted by molar-refractivity contribution is -0.117. The third-order valence-corrected chi connectivity index (χ3v) is 7.69. The van der Waals surface area contributed by atoms with E-state index in [4.69, 9.17) is 23.2 Å². The van der Waals surface area contributed by atoms with Crippen molar-refractivity contribution in [3.63, 3.8) is 0 Å². The van der Waals surface area contributed by atoms with Gasteiger partial charge in [-0.05, 0) is 60.0 Å². The highest BCUT2D eigenvalue weighted by Crippen LogP contribution is 2.42. The molecule has 3 aromatic carbocycles. The Morgan fingerprint density at radius 3 is 2.49 bits per heavy atom. The van der Waals surface area contributed by atoms with Gasteiger partial charge in [0, 0.05) is 26.8 Å². The summed E-state index contributed by atoms with van der Waals surface area (Å²) in [6, 6.07) is 23.6. The third kappa shape index (κ3) is 5.91. The number of nitrogens with one attached hydrogen (secondary N) is 1. The van der Waals surface area contributed by atoms with Crippen molar-refractivity contribution in [2.75, 3.05) is 4.90 Å². The first-order valence-electron chi connectivity index (χ1n) is 10.5. The summed E-state index contributed by atoms with van der Waals surface area (Å²) in [5.74, 6) is -0.790. The predicted octanol–water partition coefficient (Wildman–Crippen LogP) is 6.50. The first-order chi connectivity index (χ1) is 16.9. The first-order valence-corrected chi connectivity index (χ1v) is 13.0. The van der Waals surface area contributed by atoms with E-state index < -0.39 is 11.2 Å². The van der Waals surface area contributed by atoms with Crippen molar-refractivity contribution in [1.82, 2.24) is 5.32 Å². The Bertz CT molecular complexity index is 1340. The van der Waals surface area contributed by atoms with Crippen molar-refractivity contribution < 1.29 is 9.59 Å². The molecule has 176 valence electrons. The molecule has 1 unspecified atom stereocenters. The zero-order valence-electron chi connectivity index (χ0n) is 18.2. The van der Waals surface area contributed by atoms with Crippen LogP contribution in [0, 0.1) is 11.3 Å². The van der Waals surface area contributed by atoms with E-state index >= 15 is 0 Å². The molecule has 0 radical (unpaired) electrons. The van der Waals surface area contributed by atoms with Crippen molar-refractivity contribution in [1.29, 1.82) is 5.26 Å². The molecule has 1 aliphatic heterocycles. The van der Waals surface area contributed by atoms with E-state index in [2.05, 4.69) is 21.2 Å². The zero-order chi connectivity index (χ0) is 24.9. The lowest BCUT2D eigenvalue weighted by Crippen LogP contribution is -2.32. The molecule has 1 fully saturated rings. The van der Waals surface area contributed by atoms with Crippen LogP contribution >= 0.6 is 50.9 Å². The lowest BCUT2D eigenvalue weighted by atomic mass is 10.1. The molecule has 1 heterocycles. The fourth-order valence-electron chi connectivity index (χ4n) is 3.58. The van der Waals surface area contributed by atoms with Gasteiger partial charge in [0.1, 0.15) is 16.7 Å². The number of benzene rings is 3. The van der Waals surface area contributed by atoms with Crippen LogP contribution in [0.15, 0.2) is 87.9 Å². The van der Waals surface area contributed by atoms with Crippen molar-refractivity contribution in [3.05, 3.63) is 109 Å². The summed E-state index contributed by atoms with van der Waals surface area (Å²) in [7, 11) is 0. The maximum absolute atomic E-state index is 13.6. The summed E-state index contributed by atoms with van der Waals surface area (Å²) in [6.07, 6.45) is 0.295. The predicted molar refractivity (Wildman–Crippen MR) is 144 cm³/mol. The summed E-state index contributed by atoms with van der Waals surface area (Å²) < 4.78 is 0.842. The van der Waals surface area contributed by atoms with E-state index in [1.54, 1.807) is 42.5 Å². The minimum absolute atomic E-state index is 0.123. The minimum Gasteiger partial charge on any atom is -0.347 e. The standard InChI is InChI=1S/C26H18BrCl2N3O2S/c27-18-6-9-20(10-7-18)32-25(34)23(13-17-12-19(28)8-11-22(17)29)35-26(32)21(14-30)24(33)31-15-16-4-2-1-3-5-16/h1-12,23H,13,15H2,(H,31,33)/b26-21-. The monoisotopic (exact) mass is 585 g/mol. The van der Waals surface area contributed by atoms with Gasteiger partial charge in [0.05, 0.1) is 5.25 Å². The van der Waals surface area contributed by atoms with Gasteiger partial charge in [-0.3, -0.25) is 14.5 Å². The average molecular weight is 587 g/mol. The molecule has 3 aromatic rings. The second kappa shape index (κ2) is 11.3. The molecule has 1 atom stereocenters. The highest BCUT2D eigenvalue weighted by atomic mass is 79.9. The number of anilines is 1. The van der Waals surface area contributed by atoms with E-state index in [0.717, 1.165) is 10.0 Å². The summed E-state index contributed by atoms with van der Waals surface area (Å²) in [6.45, 7) is 0.260. The maximum atomic E-state index is 13.6. The quantitative estimate of drug-likeness (QED) is 0.264. The van der Waals surface area contributed by atoms with Crippen LogP contribution in [0.25, 0.3) is 0 Å². The summed E-state index contributed by atoms with van der Waals surface area (Å²) in [5, 5.41) is 13.4. The molecule has 1 saturated heterocycles. The number of thioether (sulfide) groups is 1. The first kappa shape index (κ1) is 25.3. The van der Waals surface area contributed by atoms with Gasteiger partial charge in [-0.2, -0.15) is 5.26 Å². The second-order valence-corrected chi connectivity index (χ2v) is 10.6. The molecule has 0 aliphatic carbocycles. The normalized spacial score (nSPS) is 16.7. The van der Waals surface area contributed by atoms with Crippen LogP contribution in [0.2, 0.25) is 10.0 Å². The smallest absolute Gasteiger partial charge is 0.264 e. The van der Waals surface area contributed by atoms with E-state index in [-0.39, 0.29) is 23.1 Å². The van der Waals surface area contributed by atoms with E-state index in [9.17, 15) is 14.9 Å². The second-order valence-electron chi connectivity index (χ2n) is 7.66. The van der Waals surface area contributed by atoms with Gasteiger partial charge < -0.3 is 5.32 Å². The van der Waals surface area contributed by atoms with Crippen LogP contribution in [-0.4, -0.2) is 17.1 Å². The van der Waals surface area contributed by atoms with Crippen LogP contribution in [-0.2, 0) is 22.6 Å². The molecule has 2 amide bonds. The van der Waals surface area contributed by atoms with Crippen molar-refractivity contribution >= 4 is 68.4 Å². The number of carbonyl (C=O) groups is 2. The van der Waals surface area contributed by atoms with Gasteiger partial charge in [-0.15, -0.1) is 0 Å². The summed E-state index contributed by atoms with van der Waals surface area (Å²) in [5.41, 5.74) is 2.05. The number of rotatable bonds is 6. The van der Waals surface area contributed by atoms with Gasteiger partial charge in [-0.1, -0.05) is 81.2 Å². The van der Waals surface area contributed by atoms with E-state index in [1.165, 1.54) is 16.7 Å². The number of amides is 2. The highest BCUT2D eigenvalue weighted by Gasteiger charge is 2.41. The number of nitriles is 1. The van der Waals surface area contributed by atoms with Crippen molar-refractivity contribution in [3.8, 4) is 6.07 Å². The number of hydrogen-bond donors (Lipinski definition) is 1. The van der Waals surface area contributed by atoms with Crippen LogP contribution in [0.1, 0.15) is 11.1 Å². The molecule has 1 aliphatic rings. The number of halogens is 3. The fourth-order valence-corrected chi connectivity index (χ4v) is 5.53. The van der Waals surface area contributed by atoms with Crippen LogP contribution in [0.3, 0.4) is 0 Å². The van der Waals surface area contributed by atoms with Gasteiger partial charge in [0.2, 0.25) is 5.91 Å². The number of carbonyl (C=O) groups excluding carboxylic acids is 2. The van der Waals surface area contributed by atoms with Crippen LogP contribution in [0.4, 0.5) is 5.69 Å². The molecule has 5 nitrogen and oxygen atoms in total. The molecular formula is C26H18BrCl2N3O2S. The zero-order valence-corrected chi connectivity index (χ0v) is 22.1. The van der Waals surface area contributed by atoms with Gasteiger partial charge >= 0.3 is 0 Å². The Kier molecular flexibility index (Phi) is 8.19. The minimum atomic E-state index is -0.588. The Labute approximate surface area is 225 Å². The van der Waals surface area contributed by atoms with Crippen LogP contribution < -0.4 is 10.2 Å². The molecule has 4 rings (SSSR count). The van der Waals surface area contributed by atoms with Gasteiger partial charge in [0.25, 0.3) is 5.91 Å². The van der Waals surface area contributed by atoms with Gasteiger partial charge in [-0.25, -0.2) is 0 Å². The summed E-state index contributed by atoms with van der Waals surface area (Å²) in [4.78, 5) is 28.0. The van der Waals surface area contributed by atoms with Crippen LogP contribution in [0.5, 0.6) is 0 Å². The average Bonchev–Trinajstić information content (AvgIpc) is 3.17. The number of nitrogens with zero attached hydrogens (tertiary/aromatic N) is 2. The SMILES string of the molecule is N#C/C(C(=O)NCc1ccccc1)=C1/SC(Cc2cc(Cl)ccc2Cl)C(=O)N1c1ccc(Br)cc1. The molecule has 0 aromatic heterocycles. The molecule has 0 spiro atoms. The molecule has 0 saturated carbocycles. The van der Waals surface area contributed by atoms with Gasteiger partial charge in [0.15, 0.2) is 0 Å². The van der Waals surface area contributed by atoms with E-state index in [0.29, 0.717) is 27.7 Å². The maximum Gasteiger partial charge on any atom is 0.264 e. The topological polar surface area (TPSA) is 73.2 Å². The van der Waals surface area contributed by atoms with Crippen molar-refractivity contribution in [2.24, 2.45) is 0 Å². The molecule has 9 heteroatoms. The Morgan fingerprint density at radius 1 is 1.09 bits per heavy atom. The molecule has 35 heavy (non-hydrogen) atoms. The van der Waals surface area contributed by atoms with E-state index in [1.807, 2.05) is 36.4 Å². The highest BCUT2D eigenvalue weighted by molar-refractivity contribution is 9.10. The fraction of sp³-hybridized carbons (Fsp3) is 0.115. The lowest BCUT2D eigenvalue weighted by Gasteiger charge is -2.19. The largest absolute Gasteiger partial charge is 0.347 e.